The number of carbonyl (C=O) groups is 1. The fourth-order valence-corrected chi connectivity index (χ4v) is 2.37. The van der Waals surface area contributed by atoms with Crippen LogP contribution < -0.4 is 10.6 Å². The Hall–Kier alpha value is -1.95. The lowest BCUT2D eigenvalue weighted by Crippen LogP contribution is -2.14. The van der Waals surface area contributed by atoms with E-state index in [-0.39, 0.29) is 5.91 Å². The molecule has 0 radical (unpaired) electrons. The van der Waals surface area contributed by atoms with Crippen LogP contribution >= 0.6 is 11.3 Å². The molecule has 0 unspecified atom stereocenters. The van der Waals surface area contributed by atoms with Crippen molar-refractivity contribution in [2.75, 3.05) is 17.2 Å². The molecule has 0 atom stereocenters. The van der Waals surface area contributed by atoms with E-state index in [1.54, 1.807) is 12.3 Å². The van der Waals surface area contributed by atoms with Gasteiger partial charge in [0.05, 0.1) is 5.69 Å². The van der Waals surface area contributed by atoms with Crippen molar-refractivity contribution in [3.63, 3.8) is 0 Å². The molecule has 1 amide bonds. The molecule has 2 rings (SSSR count). The third-order valence-corrected chi connectivity index (χ3v) is 3.61. The summed E-state index contributed by atoms with van der Waals surface area (Å²) in [5.74, 6) is -0.242. The van der Waals surface area contributed by atoms with Crippen molar-refractivity contribution >= 4 is 28.1 Å². The van der Waals surface area contributed by atoms with Crippen LogP contribution in [0.25, 0.3) is 0 Å². The van der Waals surface area contributed by atoms with Crippen LogP contribution in [0.5, 0.6) is 0 Å². The molecule has 2 aromatic rings. The van der Waals surface area contributed by atoms with Crippen molar-refractivity contribution in [2.45, 2.75) is 20.8 Å². The first-order valence-corrected chi connectivity index (χ1v) is 6.87. The zero-order valence-corrected chi connectivity index (χ0v) is 12.0. The van der Waals surface area contributed by atoms with Crippen LogP contribution in [-0.2, 0) is 0 Å². The Morgan fingerprint density at radius 1 is 1.42 bits per heavy atom. The highest BCUT2D eigenvalue weighted by atomic mass is 32.1. The molecule has 0 aliphatic carbocycles. The molecule has 2 aromatic heterocycles. The minimum absolute atomic E-state index is 0.242. The van der Waals surface area contributed by atoms with Gasteiger partial charge < -0.3 is 5.32 Å². The predicted octanol–water partition coefficient (Wildman–Crippen LogP) is 2.84. The summed E-state index contributed by atoms with van der Waals surface area (Å²) in [7, 11) is 0. The Morgan fingerprint density at radius 3 is 2.84 bits per heavy atom. The van der Waals surface area contributed by atoms with Gasteiger partial charge in [-0.25, -0.2) is 4.98 Å². The van der Waals surface area contributed by atoms with Gasteiger partial charge in [0, 0.05) is 23.3 Å². The van der Waals surface area contributed by atoms with Gasteiger partial charge in [-0.3, -0.25) is 15.1 Å². The van der Waals surface area contributed by atoms with Crippen molar-refractivity contribution < 1.29 is 4.79 Å². The highest BCUT2D eigenvalue weighted by Crippen LogP contribution is 2.21. The van der Waals surface area contributed by atoms with E-state index in [0.717, 1.165) is 22.8 Å². The van der Waals surface area contributed by atoms with Crippen LogP contribution in [0.4, 0.5) is 10.8 Å². The first-order valence-electron chi connectivity index (χ1n) is 6.05. The average Bonchev–Trinajstić information content (AvgIpc) is 2.69. The highest BCUT2D eigenvalue weighted by Gasteiger charge is 2.11. The predicted molar refractivity (Wildman–Crippen MR) is 77.9 cm³/mol. The van der Waals surface area contributed by atoms with Crippen LogP contribution in [0.15, 0.2) is 18.3 Å². The third kappa shape index (κ3) is 3.29. The number of hydrogen-bond donors (Lipinski definition) is 2. The molecule has 0 spiro atoms. The molecule has 0 saturated carbocycles. The maximum atomic E-state index is 12.1. The molecule has 0 aliphatic heterocycles. The summed E-state index contributed by atoms with van der Waals surface area (Å²) in [5.41, 5.74) is 2.20. The number of pyridine rings is 1. The average molecular weight is 276 g/mol. The zero-order valence-electron chi connectivity index (χ0n) is 11.2. The minimum atomic E-state index is -0.242. The van der Waals surface area contributed by atoms with Gasteiger partial charge >= 0.3 is 0 Å². The lowest BCUT2D eigenvalue weighted by molar-refractivity contribution is 0.102. The van der Waals surface area contributed by atoms with Gasteiger partial charge in [0.1, 0.15) is 5.69 Å². The van der Waals surface area contributed by atoms with Gasteiger partial charge in [-0.05, 0) is 32.9 Å². The SMILES string of the molecule is CCNc1ccnc(C(=O)Nc2nc(C)c(C)s2)c1. The van der Waals surface area contributed by atoms with Gasteiger partial charge in [0.2, 0.25) is 0 Å². The van der Waals surface area contributed by atoms with Crippen LogP contribution in [0.3, 0.4) is 0 Å². The van der Waals surface area contributed by atoms with E-state index in [0.29, 0.717) is 10.8 Å². The summed E-state index contributed by atoms with van der Waals surface area (Å²) in [4.78, 5) is 21.5. The number of aryl methyl sites for hydroxylation is 2. The van der Waals surface area contributed by atoms with E-state index in [2.05, 4.69) is 20.6 Å². The molecule has 0 saturated heterocycles. The van der Waals surface area contributed by atoms with E-state index >= 15 is 0 Å². The molecule has 6 heteroatoms. The van der Waals surface area contributed by atoms with E-state index in [1.165, 1.54) is 11.3 Å². The quantitative estimate of drug-likeness (QED) is 0.901. The number of hydrogen-bond acceptors (Lipinski definition) is 5. The summed E-state index contributed by atoms with van der Waals surface area (Å²) in [6, 6.07) is 3.56. The number of nitrogens with zero attached hydrogens (tertiary/aromatic N) is 2. The summed E-state index contributed by atoms with van der Waals surface area (Å²) in [6.45, 7) is 6.70. The fraction of sp³-hybridized carbons (Fsp3) is 0.308. The number of aromatic nitrogens is 2. The molecule has 100 valence electrons. The number of anilines is 2. The Labute approximate surface area is 116 Å². The molecule has 19 heavy (non-hydrogen) atoms. The van der Waals surface area contributed by atoms with Crippen molar-refractivity contribution in [3.05, 3.63) is 34.6 Å². The maximum absolute atomic E-state index is 12.1. The summed E-state index contributed by atoms with van der Waals surface area (Å²) < 4.78 is 0. The van der Waals surface area contributed by atoms with E-state index < -0.39 is 0 Å². The Bertz CT molecular complexity index is 575. The summed E-state index contributed by atoms with van der Waals surface area (Å²) >= 11 is 1.47. The number of rotatable bonds is 4. The Balaban J connectivity index is 2.13. The van der Waals surface area contributed by atoms with E-state index in [9.17, 15) is 4.79 Å². The third-order valence-electron chi connectivity index (χ3n) is 2.62. The van der Waals surface area contributed by atoms with Crippen LogP contribution in [0.1, 0.15) is 28.0 Å². The number of carbonyl (C=O) groups excluding carboxylic acids is 1. The van der Waals surface area contributed by atoms with Gasteiger partial charge in [-0.2, -0.15) is 0 Å². The fourth-order valence-electron chi connectivity index (χ4n) is 1.56. The lowest BCUT2D eigenvalue weighted by atomic mass is 10.3. The molecular weight excluding hydrogens is 260 g/mol. The topological polar surface area (TPSA) is 66.9 Å². The van der Waals surface area contributed by atoms with Crippen molar-refractivity contribution in [1.82, 2.24) is 9.97 Å². The van der Waals surface area contributed by atoms with Gasteiger partial charge in [0.15, 0.2) is 5.13 Å². The second-order valence-corrected chi connectivity index (χ2v) is 5.28. The Morgan fingerprint density at radius 2 is 2.21 bits per heavy atom. The molecule has 2 heterocycles. The molecular formula is C13H16N4OS. The number of amides is 1. The monoisotopic (exact) mass is 276 g/mol. The van der Waals surface area contributed by atoms with Gasteiger partial charge in [0.25, 0.3) is 5.91 Å². The standard InChI is InChI=1S/C13H16N4OS/c1-4-14-10-5-6-15-11(7-10)12(18)17-13-16-8(2)9(3)19-13/h5-7H,4H2,1-3H3,(H,14,15)(H,16,17,18). The smallest absolute Gasteiger partial charge is 0.276 e. The van der Waals surface area contributed by atoms with Crippen molar-refractivity contribution in [1.29, 1.82) is 0 Å². The molecule has 5 nitrogen and oxygen atoms in total. The minimum Gasteiger partial charge on any atom is -0.385 e. The van der Waals surface area contributed by atoms with Gasteiger partial charge in [-0.1, -0.05) is 0 Å². The van der Waals surface area contributed by atoms with Crippen LogP contribution in [-0.4, -0.2) is 22.4 Å². The number of nitrogens with one attached hydrogen (secondary N) is 2. The molecule has 0 fully saturated rings. The first-order chi connectivity index (χ1) is 9.10. The number of thiazole rings is 1. The zero-order chi connectivity index (χ0) is 13.8. The largest absolute Gasteiger partial charge is 0.385 e. The molecule has 0 bridgehead atoms. The van der Waals surface area contributed by atoms with E-state index in [1.807, 2.05) is 26.8 Å². The second kappa shape index (κ2) is 5.79. The van der Waals surface area contributed by atoms with Crippen molar-refractivity contribution in [2.24, 2.45) is 0 Å². The Kier molecular flexibility index (Phi) is 4.11. The van der Waals surface area contributed by atoms with Crippen LogP contribution in [0.2, 0.25) is 0 Å². The normalized spacial score (nSPS) is 10.3. The lowest BCUT2D eigenvalue weighted by Gasteiger charge is -2.05. The molecule has 2 N–H and O–H groups in total. The van der Waals surface area contributed by atoms with Gasteiger partial charge in [-0.15, -0.1) is 11.3 Å². The van der Waals surface area contributed by atoms with E-state index in [4.69, 9.17) is 0 Å². The molecule has 0 aliphatic rings. The first kappa shape index (κ1) is 13.5. The summed E-state index contributed by atoms with van der Waals surface area (Å²) in [6.07, 6.45) is 1.62. The summed E-state index contributed by atoms with van der Waals surface area (Å²) in [5, 5.41) is 6.52. The second-order valence-electron chi connectivity index (χ2n) is 4.07. The highest BCUT2D eigenvalue weighted by molar-refractivity contribution is 7.15. The van der Waals surface area contributed by atoms with Crippen LogP contribution in [0, 0.1) is 13.8 Å². The van der Waals surface area contributed by atoms with Crippen molar-refractivity contribution in [3.8, 4) is 0 Å². The molecule has 0 aromatic carbocycles. The maximum Gasteiger partial charge on any atom is 0.276 e.